The lowest BCUT2D eigenvalue weighted by Gasteiger charge is -2.13. The Bertz CT molecular complexity index is 250. The fraction of sp³-hybridized carbons (Fsp3) is 0.500. The normalized spacial score (nSPS) is 15.5. The van der Waals surface area contributed by atoms with Gasteiger partial charge in [-0.25, -0.2) is 9.59 Å². The molecule has 5 nitrogen and oxygen atoms in total. The first-order chi connectivity index (χ1) is 6.15. The van der Waals surface area contributed by atoms with Crippen molar-refractivity contribution in [1.82, 2.24) is 10.2 Å². The molecule has 5 heteroatoms. The lowest BCUT2D eigenvalue weighted by molar-refractivity contribution is -0.136. The molecule has 0 unspecified atom stereocenters. The van der Waals surface area contributed by atoms with E-state index in [1.54, 1.807) is 0 Å². The number of hydrogen-bond donors (Lipinski definition) is 1. The number of hydrogen-bond acceptors (Lipinski definition) is 3. The molecule has 72 valence electrons. The lowest BCUT2D eigenvalue weighted by Crippen LogP contribution is -2.31. The zero-order valence-corrected chi connectivity index (χ0v) is 7.50. The average molecular weight is 184 g/mol. The summed E-state index contributed by atoms with van der Waals surface area (Å²) in [5, 5.41) is 2.63. The van der Waals surface area contributed by atoms with Crippen LogP contribution in [0.15, 0.2) is 12.2 Å². The number of nitrogens with one attached hydrogen (secondary N) is 1. The van der Waals surface area contributed by atoms with Crippen LogP contribution >= 0.6 is 0 Å². The van der Waals surface area contributed by atoms with Crippen molar-refractivity contribution in [1.29, 1.82) is 0 Å². The molecule has 1 heterocycles. The van der Waals surface area contributed by atoms with E-state index in [9.17, 15) is 9.59 Å². The fourth-order valence-electron chi connectivity index (χ4n) is 1.10. The molecule has 1 N–H and O–H groups in total. The minimum Gasteiger partial charge on any atom is -0.466 e. The summed E-state index contributed by atoms with van der Waals surface area (Å²) in [6, 6.07) is -0.162. The summed E-state index contributed by atoms with van der Waals surface area (Å²) in [5.41, 5.74) is 0.291. The number of rotatable bonds is 3. The first-order valence-corrected chi connectivity index (χ1v) is 3.94. The van der Waals surface area contributed by atoms with E-state index in [1.807, 2.05) is 0 Å². The highest BCUT2D eigenvalue weighted by Crippen LogP contribution is 2.02. The summed E-state index contributed by atoms with van der Waals surface area (Å²) >= 11 is 0. The maximum absolute atomic E-state index is 11.0. The third kappa shape index (κ3) is 2.21. The highest BCUT2D eigenvalue weighted by molar-refractivity contribution is 5.89. The Labute approximate surface area is 76.3 Å². The standard InChI is InChI=1S/C8H12N2O3/c1-6(7(11)13-2)5-10-4-3-9-8(10)12/h1,3-5H2,2H3,(H,9,12). The molecule has 0 spiro atoms. The van der Waals surface area contributed by atoms with Gasteiger partial charge < -0.3 is 15.0 Å². The van der Waals surface area contributed by atoms with Crippen molar-refractivity contribution in [3.8, 4) is 0 Å². The van der Waals surface area contributed by atoms with E-state index in [0.717, 1.165) is 0 Å². The Morgan fingerprint density at radius 2 is 2.46 bits per heavy atom. The van der Waals surface area contributed by atoms with Gasteiger partial charge >= 0.3 is 12.0 Å². The zero-order chi connectivity index (χ0) is 9.84. The second-order valence-electron chi connectivity index (χ2n) is 2.75. The topological polar surface area (TPSA) is 58.6 Å². The minimum absolute atomic E-state index is 0.162. The number of esters is 1. The number of methoxy groups -OCH3 is 1. The minimum atomic E-state index is -0.472. The molecule has 0 aromatic carbocycles. The van der Waals surface area contributed by atoms with Gasteiger partial charge in [0.25, 0.3) is 0 Å². The molecule has 0 atom stereocenters. The van der Waals surface area contributed by atoms with Gasteiger partial charge in [-0.2, -0.15) is 0 Å². The molecule has 0 aromatic rings. The molecular weight excluding hydrogens is 172 g/mol. The van der Waals surface area contributed by atoms with Crippen LogP contribution in [0.5, 0.6) is 0 Å². The van der Waals surface area contributed by atoms with E-state index in [0.29, 0.717) is 18.7 Å². The molecule has 1 saturated heterocycles. The van der Waals surface area contributed by atoms with E-state index in [2.05, 4.69) is 16.6 Å². The number of urea groups is 1. The number of nitrogens with zero attached hydrogens (tertiary/aromatic N) is 1. The molecular formula is C8H12N2O3. The van der Waals surface area contributed by atoms with E-state index in [4.69, 9.17) is 0 Å². The highest BCUT2D eigenvalue weighted by atomic mass is 16.5. The summed E-state index contributed by atoms with van der Waals surface area (Å²) < 4.78 is 4.46. The van der Waals surface area contributed by atoms with Gasteiger partial charge in [0.1, 0.15) is 0 Å². The summed E-state index contributed by atoms with van der Waals surface area (Å²) in [6.07, 6.45) is 0. The van der Waals surface area contributed by atoms with Crippen LogP contribution in [-0.2, 0) is 9.53 Å². The lowest BCUT2D eigenvalue weighted by atomic mass is 10.3. The fourth-order valence-corrected chi connectivity index (χ4v) is 1.10. The molecule has 0 saturated carbocycles. The van der Waals surface area contributed by atoms with Crippen LogP contribution in [0.1, 0.15) is 0 Å². The molecule has 0 radical (unpaired) electrons. The number of ether oxygens (including phenoxy) is 1. The van der Waals surface area contributed by atoms with E-state index in [-0.39, 0.29) is 12.6 Å². The molecule has 1 fully saturated rings. The van der Waals surface area contributed by atoms with Crippen molar-refractivity contribution in [3.63, 3.8) is 0 Å². The van der Waals surface area contributed by atoms with Gasteiger partial charge in [-0.3, -0.25) is 0 Å². The van der Waals surface area contributed by atoms with Crippen LogP contribution in [0.3, 0.4) is 0 Å². The quantitative estimate of drug-likeness (QED) is 0.485. The molecule has 0 bridgehead atoms. The summed E-state index contributed by atoms with van der Waals surface area (Å²) in [6.45, 7) is 4.99. The zero-order valence-electron chi connectivity index (χ0n) is 7.50. The first kappa shape index (κ1) is 9.57. The molecule has 1 aliphatic rings. The van der Waals surface area contributed by atoms with Crippen molar-refractivity contribution >= 4 is 12.0 Å². The Morgan fingerprint density at radius 1 is 1.77 bits per heavy atom. The second-order valence-corrected chi connectivity index (χ2v) is 2.75. The van der Waals surface area contributed by atoms with Crippen molar-refractivity contribution in [3.05, 3.63) is 12.2 Å². The van der Waals surface area contributed by atoms with Gasteiger partial charge in [0, 0.05) is 18.7 Å². The van der Waals surface area contributed by atoms with Crippen molar-refractivity contribution in [2.24, 2.45) is 0 Å². The van der Waals surface area contributed by atoms with Crippen molar-refractivity contribution in [2.45, 2.75) is 0 Å². The van der Waals surface area contributed by atoms with Crippen molar-refractivity contribution in [2.75, 3.05) is 26.7 Å². The smallest absolute Gasteiger partial charge is 0.334 e. The highest BCUT2D eigenvalue weighted by Gasteiger charge is 2.21. The number of carbonyl (C=O) groups excluding carboxylic acids is 2. The van der Waals surface area contributed by atoms with Gasteiger partial charge in [-0.1, -0.05) is 6.58 Å². The van der Waals surface area contributed by atoms with E-state index >= 15 is 0 Å². The van der Waals surface area contributed by atoms with Gasteiger partial charge in [0.2, 0.25) is 0 Å². The van der Waals surface area contributed by atoms with Gasteiger partial charge in [-0.05, 0) is 0 Å². The Hall–Kier alpha value is -1.52. The monoisotopic (exact) mass is 184 g/mol. The van der Waals surface area contributed by atoms with Crippen molar-refractivity contribution < 1.29 is 14.3 Å². The first-order valence-electron chi connectivity index (χ1n) is 3.94. The maximum Gasteiger partial charge on any atom is 0.334 e. The summed E-state index contributed by atoms with van der Waals surface area (Å²) in [5.74, 6) is -0.472. The molecule has 1 rings (SSSR count). The SMILES string of the molecule is C=C(CN1CCNC1=O)C(=O)OC. The van der Waals surface area contributed by atoms with Gasteiger partial charge in [-0.15, -0.1) is 0 Å². The molecule has 13 heavy (non-hydrogen) atoms. The Balaban J connectivity index is 2.44. The van der Waals surface area contributed by atoms with Crippen LogP contribution < -0.4 is 5.32 Å². The second kappa shape index (κ2) is 3.93. The predicted molar refractivity (Wildman–Crippen MR) is 46.1 cm³/mol. The van der Waals surface area contributed by atoms with Crippen LogP contribution in [-0.4, -0.2) is 43.6 Å². The third-order valence-electron chi connectivity index (χ3n) is 1.80. The van der Waals surface area contributed by atoms with Crippen LogP contribution in [0.25, 0.3) is 0 Å². The molecule has 2 amide bonds. The van der Waals surface area contributed by atoms with E-state index < -0.39 is 5.97 Å². The van der Waals surface area contributed by atoms with Gasteiger partial charge in [0.05, 0.1) is 13.7 Å². The summed E-state index contributed by atoms with van der Waals surface area (Å²) in [7, 11) is 1.29. The largest absolute Gasteiger partial charge is 0.466 e. The molecule has 1 aliphatic heterocycles. The molecule has 0 aliphatic carbocycles. The van der Waals surface area contributed by atoms with Crippen LogP contribution in [0, 0.1) is 0 Å². The number of carbonyl (C=O) groups is 2. The average Bonchev–Trinajstić information content (AvgIpc) is 2.50. The van der Waals surface area contributed by atoms with Gasteiger partial charge in [0.15, 0.2) is 0 Å². The Kier molecular flexibility index (Phi) is 2.89. The number of amides is 2. The van der Waals surface area contributed by atoms with Crippen LogP contribution in [0.2, 0.25) is 0 Å². The molecule has 0 aromatic heterocycles. The third-order valence-corrected chi connectivity index (χ3v) is 1.80. The maximum atomic E-state index is 11.0. The predicted octanol–water partition coefficient (Wildman–Crippen LogP) is -0.259. The Morgan fingerprint density at radius 3 is 2.92 bits per heavy atom. The summed E-state index contributed by atoms with van der Waals surface area (Å²) in [4.78, 5) is 23.5. The van der Waals surface area contributed by atoms with E-state index in [1.165, 1.54) is 12.0 Å². The van der Waals surface area contributed by atoms with Crippen LogP contribution in [0.4, 0.5) is 4.79 Å².